The number of hydrogen-bond donors (Lipinski definition) is 3. The Hall–Kier alpha value is -1.79. The molecule has 2 saturated heterocycles. The van der Waals surface area contributed by atoms with Crippen LogP contribution in [0.1, 0.15) is 15.9 Å². The lowest BCUT2D eigenvalue weighted by molar-refractivity contribution is 0.0941. The van der Waals surface area contributed by atoms with E-state index in [1.165, 1.54) is 0 Å². The Bertz CT molecular complexity index is 575. The Morgan fingerprint density at radius 1 is 1.41 bits per heavy atom. The van der Waals surface area contributed by atoms with Crippen LogP contribution >= 0.6 is 12.4 Å². The first kappa shape index (κ1) is 16.6. The second kappa shape index (κ2) is 6.98. The molecule has 0 aliphatic carbocycles. The van der Waals surface area contributed by atoms with E-state index in [0.717, 1.165) is 24.3 Å². The van der Waals surface area contributed by atoms with Crippen molar-refractivity contribution in [3.63, 3.8) is 0 Å². The van der Waals surface area contributed by atoms with E-state index in [9.17, 15) is 9.59 Å². The topological polar surface area (TPSA) is 73.5 Å². The van der Waals surface area contributed by atoms with Crippen molar-refractivity contribution in [1.29, 1.82) is 0 Å². The number of amides is 3. The summed E-state index contributed by atoms with van der Waals surface area (Å²) < 4.78 is 0. The van der Waals surface area contributed by atoms with Gasteiger partial charge in [0.05, 0.1) is 0 Å². The van der Waals surface area contributed by atoms with Gasteiger partial charge in [-0.05, 0) is 24.6 Å². The van der Waals surface area contributed by atoms with E-state index in [4.69, 9.17) is 0 Å². The predicted molar refractivity (Wildman–Crippen MR) is 87.9 cm³/mol. The number of urea groups is 1. The third kappa shape index (κ3) is 3.18. The molecule has 22 heavy (non-hydrogen) atoms. The van der Waals surface area contributed by atoms with Gasteiger partial charge >= 0.3 is 6.03 Å². The molecule has 3 rings (SSSR count). The van der Waals surface area contributed by atoms with Crippen LogP contribution in [0.5, 0.6) is 0 Å². The molecule has 2 aliphatic heterocycles. The van der Waals surface area contributed by atoms with E-state index < -0.39 is 0 Å². The molecular formula is C15H21ClN4O2. The summed E-state index contributed by atoms with van der Waals surface area (Å²) in [5.74, 6) is 0.461. The maximum atomic E-state index is 12.3. The lowest BCUT2D eigenvalue weighted by atomic mass is 10.0. The van der Waals surface area contributed by atoms with Crippen LogP contribution in [0.4, 0.5) is 10.5 Å². The van der Waals surface area contributed by atoms with Crippen molar-refractivity contribution in [2.45, 2.75) is 6.92 Å². The monoisotopic (exact) mass is 324 g/mol. The van der Waals surface area contributed by atoms with Crippen LogP contribution in [-0.4, -0.2) is 44.7 Å². The van der Waals surface area contributed by atoms with Gasteiger partial charge in [0, 0.05) is 49.9 Å². The number of halogens is 1. The summed E-state index contributed by atoms with van der Waals surface area (Å²) in [4.78, 5) is 25.8. The molecule has 0 atom stereocenters. The second-order valence-corrected chi connectivity index (χ2v) is 5.57. The number of carbonyl (C=O) groups is 2. The first-order chi connectivity index (χ1) is 10.2. The predicted octanol–water partition coefficient (Wildman–Crippen LogP) is 0.896. The zero-order valence-electron chi connectivity index (χ0n) is 12.5. The molecule has 2 fully saturated rings. The summed E-state index contributed by atoms with van der Waals surface area (Å²) in [6, 6.07) is 5.41. The standard InChI is InChI=1S/C15H20N4O2.ClH/c1-10-12(14(20)18-9-11-7-16-8-11)3-2-4-13(10)19-6-5-17-15(19)21;/h2-4,11,16H,5-9H2,1H3,(H,17,21)(H,18,20);1H. The van der Waals surface area contributed by atoms with E-state index >= 15 is 0 Å². The molecule has 0 saturated carbocycles. The fourth-order valence-electron chi connectivity index (χ4n) is 2.69. The van der Waals surface area contributed by atoms with Crippen LogP contribution in [0.25, 0.3) is 0 Å². The SMILES string of the molecule is Cc1c(C(=O)NCC2CNC2)cccc1N1CCNC1=O.Cl. The van der Waals surface area contributed by atoms with Gasteiger partial charge in [-0.15, -0.1) is 12.4 Å². The molecule has 3 N–H and O–H groups in total. The van der Waals surface area contributed by atoms with Crippen LogP contribution in [-0.2, 0) is 0 Å². The summed E-state index contributed by atoms with van der Waals surface area (Å²) in [6.07, 6.45) is 0. The van der Waals surface area contributed by atoms with Crippen LogP contribution in [0.15, 0.2) is 18.2 Å². The molecule has 0 radical (unpaired) electrons. The summed E-state index contributed by atoms with van der Waals surface area (Å²) in [7, 11) is 0. The minimum Gasteiger partial charge on any atom is -0.352 e. The molecule has 7 heteroatoms. The molecule has 0 unspecified atom stereocenters. The van der Waals surface area contributed by atoms with E-state index in [1.54, 1.807) is 11.0 Å². The van der Waals surface area contributed by atoms with Gasteiger partial charge in [-0.25, -0.2) is 4.79 Å². The highest BCUT2D eigenvalue weighted by atomic mass is 35.5. The quantitative estimate of drug-likeness (QED) is 0.770. The Kier molecular flexibility index (Phi) is 5.26. The number of nitrogens with one attached hydrogen (secondary N) is 3. The minimum absolute atomic E-state index is 0. The average Bonchev–Trinajstić information content (AvgIpc) is 2.83. The molecule has 120 valence electrons. The van der Waals surface area contributed by atoms with E-state index in [0.29, 0.717) is 31.1 Å². The highest BCUT2D eigenvalue weighted by Crippen LogP contribution is 2.24. The van der Waals surface area contributed by atoms with Crippen molar-refractivity contribution in [1.82, 2.24) is 16.0 Å². The second-order valence-electron chi connectivity index (χ2n) is 5.57. The molecule has 3 amide bonds. The molecule has 1 aromatic carbocycles. The van der Waals surface area contributed by atoms with Gasteiger partial charge in [-0.2, -0.15) is 0 Å². The largest absolute Gasteiger partial charge is 0.352 e. The Labute approximate surface area is 136 Å². The smallest absolute Gasteiger partial charge is 0.322 e. The zero-order chi connectivity index (χ0) is 14.8. The first-order valence-electron chi connectivity index (χ1n) is 7.30. The molecule has 0 bridgehead atoms. The lowest BCUT2D eigenvalue weighted by Crippen LogP contribution is -2.48. The number of rotatable bonds is 4. The van der Waals surface area contributed by atoms with E-state index in [-0.39, 0.29) is 24.3 Å². The molecule has 0 spiro atoms. The fraction of sp³-hybridized carbons (Fsp3) is 0.467. The number of hydrogen-bond acceptors (Lipinski definition) is 3. The molecule has 2 heterocycles. The van der Waals surface area contributed by atoms with Gasteiger partial charge in [0.2, 0.25) is 0 Å². The lowest BCUT2D eigenvalue weighted by Gasteiger charge is -2.27. The van der Waals surface area contributed by atoms with Crippen molar-refractivity contribution in [3.05, 3.63) is 29.3 Å². The Morgan fingerprint density at radius 2 is 2.18 bits per heavy atom. The molecule has 0 aromatic heterocycles. The van der Waals surface area contributed by atoms with Crippen molar-refractivity contribution >= 4 is 30.0 Å². The van der Waals surface area contributed by atoms with Gasteiger partial charge in [0.1, 0.15) is 0 Å². The maximum Gasteiger partial charge on any atom is 0.322 e. The number of benzene rings is 1. The molecular weight excluding hydrogens is 304 g/mol. The fourth-order valence-corrected chi connectivity index (χ4v) is 2.69. The van der Waals surface area contributed by atoms with Crippen LogP contribution in [0, 0.1) is 12.8 Å². The third-order valence-electron chi connectivity index (χ3n) is 4.11. The molecule has 1 aromatic rings. The van der Waals surface area contributed by atoms with Crippen molar-refractivity contribution in [2.24, 2.45) is 5.92 Å². The van der Waals surface area contributed by atoms with Gasteiger partial charge in [0.25, 0.3) is 5.91 Å². The van der Waals surface area contributed by atoms with Crippen LogP contribution in [0.3, 0.4) is 0 Å². The number of nitrogens with zero attached hydrogens (tertiary/aromatic N) is 1. The zero-order valence-corrected chi connectivity index (χ0v) is 13.3. The average molecular weight is 325 g/mol. The summed E-state index contributed by atoms with van der Waals surface area (Å²) >= 11 is 0. The van der Waals surface area contributed by atoms with E-state index in [1.807, 2.05) is 19.1 Å². The van der Waals surface area contributed by atoms with Gasteiger partial charge in [-0.3, -0.25) is 9.69 Å². The van der Waals surface area contributed by atoms with Crippen molar-refractivity contribution in [3.8, 4) is 0 Å². The normalized spacial score (nSPS) is 17.5. The van der Waals surface area contributed by atoms with Crippen molar-refractivity contribution < 1.29 is 9.59 Å². The van der Waals surface area contributed by atoms with Gasteiger partial charge in [-0.1, -0.05) is 6.07 Å². The number of anilines is 1. The Morgan fingerprint density at radius 3 is 2.77 bits per heavy atom. The summed E-state index contributed by atoms with van der Waals surface area (Å²) in [5, 5.41) is 8.94. The minimum atomic E-state index is -0.101. The van der Waals surface area contributed by atoms with Crippen molar-refractivity contribution in [2.75, 3.05) is 37.6 Å². The number of carbonyl (C=O) groups excluding carboxylic acids is 2. The Balaban J connectivity index is 0.00000176. The molecule has 2 aliphatic rings. The molecule has 6 nitrogen and oxygen atoms in total. The van der Waals surface area contributed by atoms with Crippen LogP contribution in [0.2, 0.25) is 0 Å². The highest BCUT2D eigenvalue weighted by molar-refractivity contribution is 6.00. The van der Waals surface area contributed by atoms with Crippen LogP contribution < -0.4 is 20.9 Å². The summed E-state index contributed by atoms with van der Waals surface area (Å²) in [6.45, 7) is 5.79. The summed E-state index contributed by atoms with van der Waals surface area (Å²) in [5.41, 5.74) is 2.29. The maximum absolute atomic E-state index is 12.3. The van der Waals surface area contributed by atoms with Gasteiger partial charge in [0.15, 0.2) is 0 Å². The highest BCUT2D eigenvalue weighted by Gasteiger charge is 2.24. The third-order valence-corrected chi connectivity index (χ3v) is 4.11. The van der Waals surface area contributed by atoms with E-state index in [2.05, 4.69) is 16.0 Å². The first-order valence-corrected chi connectivity index (χ1v) is 7.30. The van der Waals surface area contributed by atoms with Gasteiger partial charge < -0.3 is 16.0 Å².